The van der Waals surface area contributed by atoms with Crippen LogP contribution in [0.5, 0.6) is 0 Å². The lowest BCUT2D eigenvalue weighted by Gasteiger charge is -2.39. The van der Waals surface area contributed by atoms with Crippen molar-refractivity contribution < 1.29 is 10.3 Å². The molecule has 5 N–H and O–H groups in total. The molecule has 4 rings (SSSR count). The standard InChI is InChI=1S/C19H25N3O.H2O/c1-11(2)8-22-19(23)13-6-15-14-4-3-5-16-18(14)12(9-20-16)7-17(15)21-10-13;/h3-5,9,11,13,15,17,20-21H,6-8,10H2,1-2H3,(H,22,23);1H2/t13?,15?,17-;/m1./s1. The zero-order valence-corrected chi connectivity index (χ0v) is 14.4. The van der Waals surface area contributed by atoms with Crippen LogP contribution in [-0.4, -0.2) is 35.5 Å². The average molecular weight is 329 g/mol. The molecule has 2 unspecified atom stereocenters. The Bertz CT molecular complexity index is 737. The van der Waals surface area contributed by atoms with Crippen molar-refractivity contribution in [1.82, 2.24) is 15.6 Å². The van der Waals surface area contributed by atoms with Gasteiger partial charge in [0.1, 0.15) is 0 Å². The van der Waals surface area contributed by atoms with E-state index in [1.54, 1.807) is 0 Å². The van der Waals surface area contributed by atoms with E-state index in [2.05, 4.69) is 53.9 Å². The van der Waals surface area contributed by atoms with Gasteiger partial charge >= 0.3 is 0 Å². The Kier molecular flexibility index (Phi) is 4.65. The lowest BCUT2D eigenvalue weighted by atomic mass is 9.73. The number of hydrogen-bond acceptors (Lipinski definition) is 2. The predicted molar refractivity (Wildman–Crippen MR) is 96.1 cm³/mol. The van der Waals surface area contributed by atoms with E-state index in [1.807, 2.05) is 0 Å². The van der Waals surface area contributed by atoms with Gasteiger partial charge in [-0.05, 0) is 36.0 Å². The number of amides is 1. The molecule has 24 heavy (non-hydrogen) atoms. The minimum atomic E-state index is 0. The predicted octanol–water partition coefficient (Wildman–Crippen LogP) is 1.73. The zero-order valence-electron chi connectivity index (χ0n) is 14.4. The monoisotopic (exact) mass is 329 g/mol. The summed E-state index contributed by atoms with van der Waals surface area (Å²) in [6.45, 7) is 5.82. The third-order valence-corrected chi connectivity index (χ3v) is 5.36. The lowest BCUT2D eigenvalue weighted by Crippen LogP contribution is -2.50. The van der Waals surface area contributed by atoms with Gasteiger partial charge in [-0.15, -0.1) is 0 Å². The molecule has 1 aliphatic heterocycles. The molecule has 2 aliphatic rings. The number of piperidine rings is 1. The molecule has 1 aromatic heterocycles. The highest BCUT2D eigenvalue weighted by Gasteiger charge is 2.38. The molecule has 0 spiro atoms. The number of carbonyl (C=O) groups is 1. The number of nitrogens with one attached hydrogen (secondary N) is 3. The molecule has 1 saturated heterocycles. The third kappa shape index (κ3) is 2.82. The summed E-state index contributed by atoms with van der Waals surface area (Å²) in [4.78, 5) is 15.8. The Morgan fingerprint density at radius 1 is 1.38 bits per heavy atom. The summed E-state index contributed by atoms with van der Waals surface area (Å²) in [7, 11) is 0. The first-order chi connectivity index (χ1) is 11.1. The summed E-state index contributed by atoms with van der Waals surface area (Å²) in [5, 5.41) is 8.13. The zero-order chi connectivity index (χ0) is 16.0. The van der Waals surface area contributed by atoms with Gasteiger partial charge in [0.15, 0.2) is 0 Å². The lowest BCUT2D eigenvalue weighted by molar-refractivity contribution is -0.126. The Labute approximate surface area is 142 Å². The molecule has 2 aromatic rings. The fraction of sp³-hybridized carbons (Fsp3) is 0.526. The van der Waals surface area contributed by atoms with E-state index in [1.165, 1.54) is 22.0 Å². The number of aromatic nitrogens is 1. The molecule has 1 aliphatic carbocycles. The molecule has 1 amide bonds. The topological polar surface area (TPSA) is 88.4 Å². The summed E-state index contributed by atoms with van der Waals surface area (Å²) in [6, 6.07) is 6.97. The fourth-order valence-corrected chi connectivity index (χ4v) is 4.19. The molecular weight excluding hydrogens is 302 g/mol. The van der Waals surface area contributed by atoms with Gasteiger partial charge in [-0.2, -0.15) is 0 Å². The second kappa shape index (κ2) is 6.57. The summed E-state index contributed by atoms with van der Waals surface area (Å²) < 4.78 is 0. The normalized spacial score (nSPS) is 25.2. The Hall–Kier alpha value is -1.85. The highest BCUT2D eigenvalue weighted by molar-refractivity contribution is 5.88. The molecule has 2 heterocycles. The molecule has 1 aromatic carbocycles. The molecule has 0 radical (unpaired) electrons. The maximum Gasteiger partial charge on any atom is 0.224 e. The first-order valence-corrected chi connectivity index (χ1v) is 8.73. The maximum absolute atomic E-state index is 12.5. The van der Waals surface area contributed by atoms with Crippen LogP contribution in [0.1, 0.15) is 37.3 Å². The van der Waals surface area contributed by atoms with Gasteiger partial charge < -0.3 is 21.1 Å². The second-order valence-electron chi connectivity index (χ2n) is 7.48. The quantitative estimate of drug-likeness (QED) is 0.801. The van der Waals surface area contributed by atoms with Crippen LogP contribution in [-0.2, 0) is 11.2 Å². The molecule has 3 atom stereocenters. The largest absolute Gasteiger partial charge is 0.412 e. The van der Waals surface area contributed by atoms with Crippen LogP contribution in [0.25, 0.3) is 10.9 Å². The van der Waals surface area contributed by atoms with E-state index < -0.39 is 0 Å². The van der Waals surface area contributed by atoms with Gasteiger partial charge in [-0.1, -0.05) is 26.0 Å². The Balaban J connectivity index is 0.00000169. The SMILES string of the molecule is CC(C)CNC(=O)C1CN[C@@H]2Cc3c[nH]c4cccc(c34)C2C1.O. The van der Waals surface area contributed by atoms with Crippen molar-refractivity contribution in [2.45, 2.75) is 38.6 Å². The summed E-state index contributed by atoms with van der Waals surface area (Å²) in [5.41, 5.74) is 4.04. The van der Waals surface area contributed by atoms with Gasteiger partial charge in [0, 0.05) is 42.1 Å². The number of H-pyrrole nitrogens is 1. The van der Waals surface area contributed by atoms with E-state index in [-0.39, 0.29) is 17.3 Å². The second-order valence-corrected chi connectivity index (χ2v) is 7.48. The highest BCUT2D eigenvalue weighted by atomic mass is 16.1. The van der Waals surface area contributed by atoms with Crippen LogP contribution >= 0.6 is 0 Å². The van der Waals surface area contributed by atoms with Crippen LogP contribution in [0.15, 0.2) is 24.4 Å². The fourth-order valence-electron chi connectivity index (χ4n) is 4.19. The summed E-state index contributed by atoms with van der Waals surface area (Å²) in [5.74, 6) is 1.21. The summed E-state index contributed by atoms with van der Waals surface area (Å²) >= 11 is 0. The molecule has 0 bridgehead atoms. The van der Waals surface area contributed by atoms with E-state index in [0.29, 0.717) is 17.9 Å². The van der Waals surface area contributed by atoms with Crippen molar-refractivity contribution >= 4 is 16.8 Å². The van der Waals surface area contributed by atoms with Crippen molar-refractivity contribution in [2.75, 3.05) is 13.1 Å². The van der Waals surface area contributed by atoms with Crippen molar-refractivity contribution in [3.63, 3.8) is 0 Å². The maximum atomic E-state index is 12.5. The number of carbonyl (C=O) groups excluding carboxylic acids is 1. The van der Waals surface area contributed by atoms with Crippen molar-refractivity contribution in [3.8, 4) is 0 Å². The van der Waals surface area contributed by atoms with Crippen LogP contribution in [0.2, 0.25) is 0 Å². The number of hydrogen-bond donors (Lipinski definition) is 3. The Morgan fingerprint density at radius 3 is 3.00 bits per heavy atom. The molecule has 1 fully saturated rings. The van der Waals surface area contributed by atoms with Crippen LogP contribution < -0.4 is 10.6 Å². The van der Waals surface area contributed by atoms with Gasteiger partial charge in [0.25, 0.3) is 0 Å². The first kappa shape index (κ1) is 17.0. The molecule has 5 heteroatoms. The van der Waals surface area contributed by atoms with E-state index in [4.69, 9.17) is 0 Å². The number of rotatable bonds is 3. The van der Waals surface area contributed by atoms with E-state index >= 15 is 0 Å². The molecule has 0 saturated carbocycles. The van der Waals surface area contributed by atoms with E-state index in [0.717, 1.165) is 25.9 Å². The van der Waals surface area contributed by atoms with Gasteiger partial charge in [-0.3, -0.25) is 4.79 Å². The van der Waals surface area contributed by atoms with Gasteiger partial charge in [0.05, 0.1) is 5.92 Å². The van der Waals surface area contributed by atoms with Crippen LogP contribution in [0.4, 0.5) is 0 Å². The third-order valence-electron chi connectivity index (χ3n) is 5.36. The minimum Gasteiger partial charge on any atom is -0.412 e. The minimum absolute atomic E-state index is 0. The highest BCUT2D eigenvalue weighted by Crippen LogP contribution is 2.41. The molecular formula is C19H27N3O2. The van der Waals surface area contributed by atoms with Gasteiger partial charge in [-0.25, -0.2) is 0 Å². The van der Waals surface area contributed by atoms with Crippen molar-refractivity contribution in [2.24, 2.45) is 11.8 Å². The van der Waals surface area contributed by atoms with E-state index in [9.17, 15) is 4.79 Å². The summed E-state index contributed by atoms with van der Waals surface area (Å²) in [6.07, 6.45) is 4.15. The molecule has 5 nitrogen and oxygen atoms in total. The molecule has 130 valence electrons. The van der Waals surface area contributed by atoms with Gasteiger partial charge in [0.2, 0.25) is 5.91 Å². The first-order valence-electron chi connectivity index (χ1n) is 8.73. The number of aromatic amines is 1. The smallest absolute Gasteiger partial charge is 0.224 e. The van der Waals surface area contributed by atoms with Crippen molar-refractivity contribution in [1.29, 1.82) is 0 Å². The van der Waals surface area contributed by atoms with Crippen LogP contribution in [0, 0.1) is 11.8 Å². The number of fused-ring (bicyclic) bond motifs is 2. The van der Waals surface area contributed by atoms with Crippen LogP contribution in [0.3, 0.4) is 0 Å². The van der Waals surface area contributed by atoms with Crippen molar-refractivity contribution in [3.05, 3.63) is 35.5 Å². The number of benzene rings is 1. The average Bonchev–Trinajstić information content (AvgIpc) is 2.97. The Morgan fingerprint density at radius 2 is 2.21 bits per heavy atom.